The summed E-state index contributed by atoms with van der Waals surface area (Å²) >= 11 is 0. The highest BCUT2D eigenvalue weighted by Crippen LogP contribution is 2.28. The number of piperazine rings is 1. The molecule has 7 heteroatoms. The van der Waals surface area contributed by atoms with Crippen LogP contribution in [-0.2, 0) is 12.8 Å². The van der Waals surface area contributed by atoms with Crippen LogP contribution in [0.25, 0.3) is 5.69 Å². The van der Waals surface area contributed by atoms with Gasteiger partial charge in [0.05, 0.1) is 5.69 Å². The number of rotatable bonds is 7. The number of amides is 1. The van der Waals surface area contributed by atoms with E-state index in [0.717, 1.165) is 75.4 Å². The molecule has 3 aromatic rings. The van der Waals surface area contributed by atoms with Crippen LogP contribution in [0.2, 0.25) is 0 Å². The smallest absolute Gasteiger partial charge is 0.272 e. The number of anilines is 1. The third-order valence-electron chi connectivity index (χ3n) is 6.89. The van der Waals surface area contributed by atoms with Crippen molar-refractivity contribution in [3.05, 3.63) is 76.9 Å². The molecule has 34 heavy (non-hydrogen) atoms. The monoisotopic (exact) mass is 461 g/mol. The molecule has 0 saturated carbocycles. The van der Waals surface area contributed by atoms with Crippen molar-refractivity contribution >= 4 is 11.6 Å². The number of carbonyl (C=O) groups excluding carboxylic acids is 1. The zero-order chi connectivity index (χ0) is 23.5. The van der Waals surface area contributed by atoms with E-state index in [9.17, 15) is 9.18 Å². The number of nitrogens with one attached hydrogen (secondary N) is 1. The van der Waals surface area contributed by atoms with E-state index in [1.807, 2.05) is 4.68 Å². The Labute approximate surface area is 200 Å². The zero-order valence-corrected chi connectivity index (χ0v) is 19.8. The van der Waals surface area contributed by atoms with Gasteiger partial charge in [-0.15, -0.1) is 0 Å². The largest absolute Gasteiger partial charge is 0.369 e. The Morgan fingerprint density at radius 1 is 1.03 bits per heavy atom. The first-order valence-electron chi connectivity index (χ1n) is 12.3. The van der Waals surface area contributed by atoms with Crippen molar-refractivity contribution in [1.82, 2.24) is 20.0 Å². The number of halogens is 1. The maximum Gasteiger partial charge on any atom is 0.272 e. The molecule has 1 aromatic heterocycles. The molecule has 1 saturated heterocycles. The predicted octanol–water partition coefficient (Wildman–Crippen LogP) is 3.75. The fourth-order valence-electron chi connectivity index (χ4n) is 5.06. The van der Waals surface area contributed by atoms with Crippen LogP contribution in [0.4, 0.5) is 10.1 Å². The fourth-order valence-corrected chi connectivity index (χ4v) is 5.06. The van der Waals surface area contributed by atoms with E-state index >= 15 is 0 Å². The Hall–Kier alpha value is -3.19. The van der Waals surface area contributed by atoms with Gasteiger partial charge >= 0.3 is 0 Å². The van der Waals surface area contributed by atoms with Crippen molar-refractivity contribution in [2.24, 2.45) is 0 Å². The quantitative estimate of drug-likeness (QED) is 0.545. The van der Waals surface area contributed by atoms with E-state index in [0.29, 0.717) is 12.2 Å². The highest BCUT2D eigenvalue weighted by molar-refractivity contribution is 5.94. The number of benzene rings is 2. The van der Waals surface area contributed by atoms with E-state index in [4.69, 9.17) is 0 Å². The second kappa shape index (κ2) is 9.97. The van der Waals surface area contributed by atoms with Crippen LogP contribution < -0.4 is 10.2 Å². The Bertz CT molecular complexity index is 1150. The average Bonchev–Trinajstić information content (AvgIpc) is 3.46. The highest BCUT2D eigenvalue weighted by Gasteiger charge is 2.27. The normalized spacial score (nSPS) is 16.0. The van der Waals surface area contributed by atoms with Crippen LogP contribution in [0.5, 0.6) is 0 Å². The molecule has 0 spiro atoms. The maximum absolute atomic E-state index is 13.3. The van der Waals surface area contributed by atoms with Crippen molar-refractivity contribution in [2.45, 2.75) is 32.6 Å². The summed E-state index contributed by atoms with van der Waals surface area (Å²) in [5, 5.41) is 7.68. The number of nitrogens with zero attached hydrogens (tertiary/aromatic N) is 4. The lowest BCUT2D eigenvalue weighted by molar-refractivity contribution is 0.0945. The molecule has 6 nitrogen and oxygen atoms in total. The van der Waals surface area contributed by atoms with Crippen LogP contribution in [0.15, 0.2) is 48.5 Å². The fraction of sp³-hybridized carbons (Fsp3) is 0.407. The van der Waals surface area contributed by atoms with Crippen molar-refractivity contribution in [1.29, 1.82) is 0 Å². The summed E-state index contributed by atoms with van der Waals surface area (Å²) in [6, 6.07) is 15.0. The topological polar surface area (TPSA) is 53.4 Å². The number of hydrogen-bond acceptors (Lipinski definition) is 4. The lowest BCUT2D eigenvalue weighted by atomic mass is 10.2. The highest BCUT2D eigenvalue weighted by atomic mass is 19.1. The standard InChI is InChI=1S/C27H32FN5O/c1-20-5-2-6-23(19-20)32-17-15-31(16-18-32)14-4-13-29-27(34)26-24-7-3-8-25(24)33(30-26)22-11-9-21(28)10-12-22/h2,5-6,9-12,19H,3-4,7-8,13-18H2,1H3,(H,29,34). The Morgan fingerprint density at radius 3 is 2.59 bits per heavy atom. The molecule has 0 radical (unpaired) electrons. The third kappa shape index (κ3) is 4.85. The Kier molecular flexibility index (Phi) is 6.63. The summed E-state index contributed by atoms with van der Waals surface area (Å²) < 4.78 is 15.1. The molecule has 1 amide bonds. The first-order valence-corrected chi connectivity index (χ1v) is 12.3. The minimum atomic E-state index is -0.276. The number of carbonyl (C=O) groups is 1. The van der Waals surface area contributed by atoms with E-state index in [2.05, 4.69) is 51.4 Å². The number of aromatic nitrogens is 2. The summed E-state index contributed by atoms with van der Waals surface area (Å²) in [7, 11) is 0. The second-order valence-electron chi connectivity index (χ2n) is 9.29. The van der Waals surface area contributed by atoms with Gasteiger partial charge in [-0.25, -0.2) is 9.07 Å². The summed E-state index contributed by atoms with van der Waals surface area (Å²) in [6.07, 6.45) is 3.69. The van der Waals surface area contributed by atoms with E-state index < -0.39 is 0 Å². The van der Waals surface area contributed by atoms with Gasteiger partial charge in [-0.2, -0.15) is 5.10 Å². The molecule has 2 aliphatic rings. The number of aryl methyl sites for hydroxylation is 1. The molecule has 0 bridgehead atoms. The molecule has 1 N–H and O–H groups in total. The summed E-state index contributed by atoms with van der Waals surface area (Å²) in [4.78, 5) is 17.8. The van der Waals surface area contributed by atoms with Gasteiger partial charge in [-0.05, 0) is 81.1 Å². The molecule has 1 aliphatic heterocycles. The minimum Gasteiger partial charge on any atom is -0.369 e. The van der Waals surface area contributed by atoms with Gasteiger partial charge in [0.2, 0.25) is 0 Å². The first-order chi connectivity index (χ1) is 16.6. The SMILES string of the molecule is Cc1cccc(N2CCN(CCCNC(=O)c3nn(-c4ccc(F)cc4)c4c3CCC4)CC2)c1. The lowest BCUT2D eigenvalue weighted by Crippen LogP contribution is -2.47. The molecule has 1 fully saturated rings. The van der Waals surface area contributed by atoms with Crippen LogP contribution in [0.1, 0.15) is 40.2 Å². The van der Waals surface area contributed by atoms with Gasteiger partial charge in [0.1, 0.15) is 5.82 Å². The minimum absolute atomic E-state index is 0.108. The van der Waals surface area contributed by atoms with Crippen LogP contribution in [0.3, 0.4) is 0 Å². The Morgan fingerprint density at radius 2 is 1.82 bits per heavy atom. The van der Waals surface area contributed by atoms with E-state index in [-0.39, 0.29) is 11.7 Å². The Balaban J connectivity index is 1.11. The predicted molar refractivity (Wildman–Crippen MR) is 132 cm³/mol. The lowest BCUT2D eigenvalue weighted by Gasteiger charge is -2.36. The van der Waals surface area contributed by atoms with E-state index in [1.165, 1.54) is 23.4 Å². The maximum atomic E-state index is 13.3. The van der Waals surface area contributed by atoms with Crippen molar-refractivity contribution < 1.29 is 9.18 Å². The molecular formula is C27H32FN5O. The molecule has 0 atom stereocenters. The first kappa shape index (κ1) is 22.6. The number of fused-ring (bicyclic) bond motifs is 1. The molecule has 2 heterocycles. The number of hydrogen-bond donors (Lipinski definition) is 1. The second-order valence-corrected chi connectivity index (χ2v) is 9.29. The van der Waals surface area contributed by atoms with Crippen molar-refractivity contribution in [3.63, 3.8) is 0 Å². The molecule has 178 valence electrons. The van der Waals surface area contributed by atoms with Gasteiger partial charge in [0.25, 0.3) is 5.91 Å². The average molecular weight is 462 g/mol. The van der Waals surface area contributed by atoms with Gasteiger partial charge in [-0.1, -0.05) is 12.1 Å². The van der Waals surface area contributed by atoms with Crippen LogP contribution >= 0.6 is 0 Å². The zero-order valence-electron chi connectivity index (χ0n) is 19.8. The van der Waals surface area contributed by atoms with Crippen LogP contribution in [0, 0.1) is 12.7 Å². The molecule has 0 unspecified atom stereocenters. The summed E-state index contributed by atoms with van der Waals surface area (Å²) in [5.41, 5.74) is 6.02. The third-order valence-corrected chi connectivity index (χ3v) is 6.89. The van der Waals surface area contributed by atoms with Gasteiger partial charge in [0, 0.05) is 49.7 Å². The molecular weight excluding hydrogens is 429 g/mol. The van der Waals surface area contributed by atoms with Crippen LogP contribution in [-0.4, -0.2) is 59.9 Å². The van der Waals surface area contributed by atoms with Gasteiger partial charge < -0.3 is 10.2 Å². The van der Waals surface area contributed by atoms with Gasteiger partial charge in [-0.3, -0.25) is 9.69 Å². The van der Waals surface area contributed by atoms with Crippen molar-refractivity contribution in [3.8, 4) is 5.69 Å². The van der Waals surface area contributed by atoms with Gasteiger partial charge in [0.15, 0.2) is 5.69 Å². The molecule has 1 aliphatic carbocycles. The molecule has 2 aromatic carbocycles. The van der Waals surface area contributed by atoms with Crippen molar-refractivity contribution in [2.75, 3.05) is 44.2 Å². The van der Waals surface area contributed by atoms with E-state index in [1.54, 1.807) is 12.1 Å². The summed E-state index contributed by atoms with van der Waals surface area (Å²) in [6.45, 7) is 7.88. The summed E-state index contributed by atoms with van der Waals surface area (Å²) in [5.74, 6) is -0.384. The molecule has 5 rings (SSSR count).